The van der Waals surface area contributed by atoms with Crippen molar-refractivity contribution in [1.82, 2.24) is 0 Å². The third kappa shape index (κ3) is 3.76. The second-order valence-electron chi connectivity index (χ2n) is 4.84. The monoisotopic (exact) mass is 308 g/mol. The number of halogens is 1. The maximum atomic E-state index is 12.3. The van der Waals surface area contributed by atoms with Gasteiger partial charge in [0.2, 0.25) is 5.91 Å². The van der Waals surface area contributed by atoms with Crippen molar-refractivity contribution in [2.24, 2.45) is 11.8 Å². The van der Waals surface area contributed by atoms with E-state index in [1.165, 1.54) is 0 Å². The average molecular weight is 309 g/mol. The number of carboxylic acids is 1. The Labute approximate surface area is 127 Å². The number of ether oxygens (including phenoxy) is 1. The van der Waals surface area contributed by atoms with E-state index in [9.17, 15) is 14.7 Å². The summed E-state index contributed by atoms with van der Waals surface area (Å²) in [5, 5.41) is 14.3. The quantitative estimate of drug-likeness (QED) is 0.915. The number of nitrogens with one attached hydrogen (secondary N) is 1. The minimum atomic E-state index is -1.23. The van der Waals surface area contributed by atoms with E-state index in [-0.39, 0.29) is 18.7 Å². The molecule has 1 aromatic carbocycles. The molecule has 1 N–H and O–H groups in total. The molecule has 6 heteroatoms. The fourth-order valence-electron chi connectivity index (χ4n) is 2.30. The van der Waals surface area contributed by atoms with Crippen LogP contribution in [0.25, 0.3) is 0 Å². The van der Waals surface area contributed by atoms with Crippen LogP contribution in [-0.2, 0) is 9.59 Å². The first-order valence-electron chi connectivity index (χ1n) is 6.51. The first-order chi connectivity index (χ1) is 10.0. The standard InChI is InChI=1S/C15H16ClNO4/c1-21-11-5-3-10(4-6-11)17-14(18)13-8-9(16)2-7-12(13)15(19)20/h2-6,12-13H,7-8H2,1H3,(H,17,18)(H,19,20)/p-1/t12-,13-/m0/s1. The molecule has 112 valence electrons. The summed E-state index contributed by atoms with van der Waals surface area (Å²) in [5.74, 6) is -2.52. The lowest BCUT2D eigenvalue weighted by Crippen LogP contribution is -2.42. The van der Waals surface area contributed by atoms with Crippen molar-refractivity contribution in [3.05, 3.63) is 35.4 Å². The smallest absolute Gasteiger partial charge is 0.228 e. The summed E-state index contributed by atoms with van der Waals surface area (Å²) < 4.78 is 5.03. The normalized spacial score (nSPS) is 21.3. The predicted molar refractivity (Wildman–Crippen MR) is 76.8 cm³/mol. The van der Waals surface area contributed by atoms with Gasteiger partial charge in [-0.15, -0.1) is 0 Å². The molecular formula is C15H15ClNO4-. The molecule has 0 heterocycles. The van der Waals surface area contributed by atoms with Crippen molar-refractivity contribution in [2.45, 2.75) is 12.8 Å². The molecule has 0 saturated carbocycles. The van der Waals surface area contributed by atoms with Crippen molar-refractivity contribution >= 4 is 29.2 Å². The predicted octanol–water partition coefficient (Wildman–Crippen LogP) is 1.53. The first kappa shape index (κ1) is 15.4. The maximum absolute atomic E-state index is 12.3. The van der Waals surface area contributed by atoms with Crippen LogP contribution in [0.2, 0.25) is 0 Å². The molecule has 0 spiro atoms. The van der Waals surface area contributed by atoms with Gasteiger partial charge in [-0.1, -0.05) is 17.7 Å². The van der Waals surface area contributed by atoms with Gasteiger partial charge in [-0.25, -0.2) is 0 Å². The Morgan fingerprint density at radius 2 is 1.95 bits per heavy atom. The number of amides is 1. The molecule has 0 aromatic heterocycles. The number of allylic oxidation sites excluding steroid dienone is 2. The minimum Gasteiger partial charge on any atom is -0.550 e. The zero-order valence-electron chi connectivity index (χ0n) is 11.5. The summed E-state index contributed by atoms with van der Waals surface area (Å²) in [6.45, 7) is 0. The number of carbonyl (C=O) groups excluding carboxylic acids is 2. The molecule has 2 rings (SSSR count). The third-order valence-corrected chi connectivity index (χ3v) is 3.80. The summed E-state index contributed by atoms with van der Waals surface area (Å²) in [6.07, 6.45) is 2.04. The molecule has 0 fully saturated rings. The molecule has 2 atom stereocenters. The van der Waals surface area contributed by atoms with E-state index < -0.39 is 17.8 Å². The number of benzene rings is 1. The van der Waals surface area contributed by atoms with Crippen LogP contribution in [0.15, 0.2) is 35.4 Å². The van der Waals surface area contributed by atoms with Gasteiger partial charge >= 0.3 is 0 Å². The summed E-state index contributed by atoms with van der Waals surface area (Å²) in [4.78, 5) is 23.4. The molecular weight excluding hydrogens is 294 g/mol. The fourth-order valence-corrected chi connectivity index (χ4v) is 2.56. The van der Waals surface area contributed by atoms with Crippen molar-refractivity contribution in [3.8, 4) is 5.75 Å². The van der Waals surface area contributed by atoms with Crippen molar-refractivity contribution in [1.29, 1.82) is 0 Å². The second kappa shape index (κ2) is 6.63. The number of anilines is 1. The lowest BCUT2D eigenvalue weighted by atomic mass is 9.82. The third-order valence-electron chi connectivity index (χ3n) is 3.49. The molecule has 1 aromatic rings. The summed E-state index contributed by atoms with van der Waals surface area (Å²) in [7, 11) is 1.55. The Morgan fingerprint density at radius 1 is 1.29 bits per heavy atom. The van der Waals surface area contributed by atoms with E-state index in [0.29, 0.717) is 16.5 Å². The van der Waals surface area contributed by atoms with Gasteiger partial charge in [0.05, 0.1) is 13.0 Å². The van der Waals surface area contributed by atoms with Crippen LogP contribution < -0.4 is 15.2 Å². The van der Waals surface area contributed by atoms with Gasteiger partial charge in [0.25, 0.3) is 0 Å². The van der Waals surface area contributed by atoms with E-state index in [2.05, 4.69) is 5.32 Å². The Bertz CT molecular complexity index is 568. The number of hydrogen-bond donors (Lipinski definition) is 1. The van der Waals surface area contributed by atoms with E-state index in [0.717, 1.165) is 0 Å². The van der Waals surface area contributed by atoms with Gasteiger partial charge in [-0.05, 0) is 37.1 Å². The van der Waals surface area contributed by atoms with Crippen LogP contribution in [0.3, 0.4) is 0 Å². The molecule has 0 unspecified atom stereocenters. The zero-order chi connectivity index (χ0) is 15.4. The second-order valence-corrected chi connectivity index (χ2v) is 5.33. The van der Waals surface area contributed by atoms with Crippen molar-refractivity contribution in [2.75, 3.05) is 12.4 Å². The maximum Gasteiger partial charge on any atom is 0.228 e. The molecule has 1 aliphatic rings. The van der Waals surface area contributed by atoms with E-state index in [1.54, 1.807) is 37.5 Å². The fraction of sp³-hybridized carbons (Fsp3) is 0.333. The van der Waals surface area contributed by atoms with Gasteiger partial charge in [0, 0.05) is 22.6 Å². The highest BCUT2D eigenvalue weighted by Gasteiger charge is 2.32. The summed E-state index contributed by atoms with van der Waals surface area (Å²) in [5.41, 5.74) is 0.573. The van der Waals surface area contributed by atoms with Crippen molar-refractivity contribution in [3.63, 3.8) is 0 Å². The van der Waals surface area contributed by atoms with Gasteiger partial charge in [0.15, 0.2) is 0 Å². The molecule has 5 nitrogen and oxygen atoms in total. The molecule has 0 aliphatic heterocycles. The number of aliphatic carboxylic acids is 1. The van der Waals surface area contributed by atoms with E-state index in [4.69, 9.17) is 16.3 Å². The number of methoxy groups -OCH3 is 1. The topological polar surface area (TPSA) is 78.5 Å². The molecule has 1 aliphatic carbocycles. The Balaban J connectivity index is 2.10. The number of carbonyl (C=O) groups is 2. The lowest BCUT2D eigenvalue weighted by Gasteiger charge is -2.29. The highest BCUT2D eigenvalue weighted by atomic mass is 35.5. The molecule has 21 heavy (non-hydrogen) atoms. The van der Waals surface area contributed by atoms with Gasteiger partial charge in [0.1, 0.15) is 5.75 Å². The van der Waals surface area contributed by atoms with Crippen LogP contribution in [0, 0.1) is 11.8 Å². The number of hydrogen-bond acceptors (Lipinski definition) is 4. The van der Waals surface area contributed by atoms with E-state index in [1.807, 2.05) is 0 Å². The van der Waals surface area contributed by atoms with Gasteiger partial charge < -0.3 is 20.0 Å². The minimum absolute atomic E-state index is 0.210. The Morgan fingerprint density at radius 3 is 2.52 bits per heavy atom. The Hall–Kier alpha value is -2.01. The van der Waals surface area contributed by atoms with Crippen LogP contribution in [0.4, 0.5) is 5.69 Å². The number of carboxylic acid groups (broad SMARTS) is 1. The largest absolute Gasteiger partial charge is 0.550 e. The number of rotatable bonds is 4. The molecule has 0 bridgehead atoms. The SMILES string of the molecule is COc1ccc(NC(=O)[C@H]2CC(Cl)=CC[C@@H]2C(=O)[O-])cc1. The van der Waals surface area contributed by atoms with Crippen molar-refractivity contribution < 1.29 is 19.4 Å². The van der Waals surface area contributed by atoms with Crippen LogP contribution in [0.1, 0.15) is 12.8 Å². The highest BCUT2D eigenvalue weighted by molar-refractivity contribution is 6.29. The highest BCUT2D eigenvalue weighted by Crippen LogP contribution is 2.32. The van der Waals surface area contributed by atoms with Gasteiger partial charge in [-0.2, -0.15) is 0 Å². The summed E-state index contributed by atoms with van der Waals surface area (Å²) >= 11 is 5.92. The molecule has 0 radical (unpaired) electrons. The first-order valence-corrected chi connectivity index (χ1v) is 6.89. The molecule has 0 saturated heterocycles. The zero-order valence-corrected chi connectivity index (χ0v) is 12.2. The van der Waals surface area contributed by atoms with E-state index >= 15 is 0 Å². The average Bonchev–Trinajstić information content (AvgIpc) is 2.47. The Kier molecular flexibility index (Phi) is 4.85. The van der Waals surface area contributed by atoms with Crippen LogP contribution in [-0.4, -0.2) is 19.0 Å². The van der Waals surface area contributed by atoms with Crippen LogP contribution >= 0.6 is 11.6 Å². The summed E-state index contributed by atoms with van der Waals surface area (Å²) in [6, 6.07) is 6.79. The molecule has 1 amide bonds. The lowest BCUT2D eigenvalue weighted by molar-refractivity contribution is -0.313. The van der Waals surface area contributed by atoms with Crippen LogP contribution in [0.5, 0.6) is 5.75 Å². The van der Waals surface area contributed by atoms with Gasteiger partial charge in [-0.3, -0.25) is 4.79 Å².